The second kappa shape index (κ2) is 3.62. The molecular formula is C8H11O3PS. The van der Waals surface area contributed by atoms with Crippen LogP contribution in [0.2, 0.25) is 0 Å². The highest BCUT2D eigenvalue weighted by Crippen LogP contribution is 2.65. The quantitative estimate of drug-likeness (QED) is 0.500. The third kappa shape index (κ3) is 2.08. The molecule has 0 aromatic carbocycles. The highest BCUT2D eigenvalue weighted by Gasteiger charge is 2.38. The maximum absolute atomic E-state index is 11.9. The zero-order chi connectivity index (χ0) is 9.31. The lowest BCUT2D eigenvalue weighted by Gasteiger charge is -2.30. The van der Waals surface area contributed by atoms with Gasteiger partial charge < -0.3 is 0 Å². The molecule has 0 N–H and O–H groups in total. The lowest BCUT2D eigenvalue weighted by Crippen LogP contribution is -2.23. The minimum Gasteiger partial charge on any atom is -0.293 e. The van der Waals surface area contributed by atoms with E-state index in [-0.39, 0.29) is 12.2 Å². The van der Waals surface area contributed by atoms with Crippen molar-refractivity contribution in [1.29, 1.82) is 0 Å². The molecule has 5 heteroatoms. The van der Waals surface area contributed by atoms with Crippen LogP contribution in [0.5, 0.6) is 0 Å². The summed E-state index contributed by atoms with van der Waals surface area (Å²) in [7, 11) is 0. The average molecular weight is 218 g/mol. The lowest BCUT2D eigenvalue weighted by atomic mass is 10.1. The monoisotopic (exact) mass is 218 g/mol. The van der Waals surface area contributed by atoms with Gasteiger partial charge in [-0.05, 0) is 11.4 Å². The molecule has 1 saturated heterocycles. The fourth-order valence-corrected chi connectivity index (χ4v) is 4.70. The molecule has 2 aliphatic heterocycles. The van der Waals surface area contributed by atoms with E-state index in [1.54, 1.807) is 6.08 Å². The van der Waals surface area contributed by atoms with Crippen LogP contribution in [0.4, 0.5) is 0 Å². The molecule has 13 heavy (non-hydrogen) atoms. The van der Waals surface area contributed by atoms with E-state index in [1.807, 2.05) is 12.2 Å². The summed E-state index contributed by atoms with van der Waals surface area (Å²) in [5.74, 6) is 0.692. The summed E-state index contributed by atoms with van der Waals surface area (Å²) in [6, 6.07) is 0. The van der Waals surface area contributed by atoms with Gasteiger partial charge in [0.2, 0.25) is 0 Å². The van der Waals surface area contributed by atoms with E-state index in [0.717, 1.165) is 0 Å². The minimum atomic E-state index is -2.90. The summed E-state index contributed by atoms with van der Waals surface area (Å²) < 4.78 is 22.5. The van der Waals surface area contributed by atoms with Crippen LogP contribution in [0.3, 0.4) is 0 Å². The maximum Gasteiger partial charge on any atom is 0.390 e. The first kappa shape index (κ1) is 9.53. The van der Waals surface area contributed by atoms with E-state index in [0.29, 0.717) is 12.2 Å². The maximum atomic E-state index is 11.9. The van der Waals surface area contributed by atoms with Crippen LogP contribution in [0.1, 0.15) is 6.42 Å². The Bertz CT molecular complexity index is 289. The van der Waals surface area contributed by atoms with E-state index in [4.69, 9.17) is 9.05 Å². The predicted molar refractivity (Wildman–Crippen MR) is 53.8 cm³/mol. The van der Waals surface area contributed by atoms with Crippen molar-refractivity contribution in [3.63, 3.8) is 0 Å². The number of hydrogen-bond donors (Lipinski definition) is 0. The summed E-state index contributed by atoms with van der Waals surface area (Å²) in [5.41, 5.74) is 0. The van der Waals surface area contributed by atoms with E-state index >= 15 is 0 Å². The Hall–Kier alpha value is -0.0200. The Kier molecular flexibility index (Phi) is 2.65. The molecule has 2 rings (SSSR count). The smallest absolute Gasteiger partial charge is 0.293 e. The Morgan fingerprint density at radius 1 is 1.62 bits per heavy atom. The van der Waals surface area contributed by atoms with E-state index in [1.165, 1.54) is 11.4 Å². The molecule has 0 spiro atoms. The van der Waals surface area contributed by atoms with Crippen LogP contribution in [0.25, 0.3) is 0 Å². The van der Waals surface area contributed by atoms with Crippen molar-refractivity contribution in [2.24, 2.45) is 0 Å². The van der Waals surface area contributed by atoms with Crippen molar-refractivity contribution < 1.29 is 13.6 Å². The molecular weight excluding hydrogens is 207 g/mol. The van der Waals surface area contributed by atoms with Gasteiger partial charge in [-0.25, -0.2) is 4.57 Å². The molecule has 1 fully saturated rings. The Morgan fingerprint density at radius 2 is 2.46 bits per heavy atom. The van der Waals surface area contributed by atoms with Gasteiger partial charge in [-0.1, -0.05) is 18.2 Å². The molecule has 2 aliphatic rings. The summed E-state index contributed by atoms with van der Waals surface area (Å²) in [5, 5.41) is 0. The van der Waals surface area contributed by atoms with Gasteiger partial charge in [0.05, 0.1) is 12.2 Å². The zero-order valence-electron chi connectivity index (χ0n) is 7.09. The molecule has 0 saturated carbocycles. The molecule has 0 aliphatic carbocycles. The first-order valence-corrected chi connectivity index (χ1v) is 7.26. The van der Waals surface area contributed by atoms with Crippen LogP contribution in [0, 0.1) is 0 Å². The molecule has 72 valence electrons. The van der Waals surface area contributed by atoms with Crippen molar-refractivity contribution >= 4 is 18.2 Å². The van der Waals surface area contributed by atoms with Gasteiger partial charge in [0.1, 0.15) is 0 Å². The van der Waals surface area contributed by atoms with Gasteiger partial charge in [0.15, 0.2) is 0 Å². The molecule has 0 radical (unpaired) electrons. The van der Waals surface area contributed by atoms with Crippen LogP contribution in [0.15, 0.2) is 24.8 Å². The van der Waals surface area contributed by atoms with E-state index in [9.17, 15) is 4.57 Å². The molecule has 3 nitrogen and oxygen atoms in total. The topological polar surface area (TPSA) is 35.5 Å². The largest absolute Gasteiger partial charge is 0.390 e. The van der Waals surface area contributed by atoms with Gasteiger partial charge in [0, 0.05) is 12.2 Å². The minimum absolute atomic E-state index is 0.0717. The van der Waals surface area contributed by atoms with Gasteiger partial charge in [0.25, 0.3) is 0 Å². The van der Waals surface area contributed by atoms with Gasteiger partial charge in [-0.3, -0.25) is 9.05 Å². The zero-order valence-corrected chi connectivity index (χ0v) is 8.80. The first-order chi connectivity index (χ1) is 6.22. The molecule has 2 heterocycles. The third-order valence-corrected chi connectivity index (χ3v) is 5.56. The fraction of sp³-hybridized carbons (Fsp3) is 0.500. The molecule has 0 aromatic heterocycles. The summed E-state index contributed by atoms with van der Waals surface area (Å²) >= 11 is 1.24. The van der Waals surface area contributed by atoms with Gasteiger partial charge >= 0.3 is 6.80 Å². The van der Waals surface area contributed by atoms with E-state index < -0.39 is 6.80 Å². The Morgan fingerprint density at radius 3 is 3.23 bits per heavy atom. The second-order valence-corrected chi connectivity index (χ2v) is 6.95. The van der Waals surface area contributed by atoms with Crippen LogP contribution in [-0.2, 0) is 13.6 Å². The summed E-state index contributed by atoms with van der Waals surface area (Å²) in [6.45, 7) is 0.742. The van der Waals surface area contributed by atoms with Crippen LogP contribution in [-0.4, -0.2) is 18.0 Å². The van der Waals surface area contributed by atoms with Crippen LogP contribution >= 0.6 is 18.2 Å². The van der Waals surface area contributed by atoms with Crippen LogP contribution < -0.4 is 0 Å². The fourth-order valence-electron chi connectivity index (χ4n) is 1.33. The molecule has 0 aromatic rings. The molecule has 2 unspecified atom stereocenters. The third-order valence-electron chi connectivity index (χ3n) is 1.94. The van der Waals surface area contributed by atoms with E-state index in [2.05, 4.69) is 6.58 Å². The summed E-state index contributed by atoms with van der Waals surface area (Å²) in [4.78, 5) is 0. The van der Waals surface area contributed by atoms with Crippen molar-refractivity contribution in [1.82, 2.24) is 0 Å². The normalized spacial score (nSPS) is 44.0. The number of hydrogen-bond acceptors (Lipinski definition) is 4. The van der Waals surface area contributed by atoms with Crippen molar-refractivity contribution in [3.8, 4) is 0 Å². The van der Waals surface area contributed by atoms with Gasteiger partial charge in [-0.2, -0.15) is 0 Å². The second-order valence-electron chi connectivity index (χ2n) is 2.93. The lowest BCUT2D eigenvalue weighted by molar-refractivity contribution is 0.0859. The predicted octanol–water partition coefficient (Wildman–Crippen LogP) is 2.76. The molecule has 3 atom stereocenters. The highest BCUT2D eigenvalue weighted by molar-refractivity contribution is 8.55. The molecule has 0 amide bonds. The first-order valence-electron chi connectivity index (χ1n) is 4.12. The average Bonchev–Trinajstić information content (AvgIpc) is 2.23. The Labute approximate surface area is 81.5 Å². The highest BCUT2D eigenvalue weighted by atomic mass is 32.7. The van der Waals surface area contributed by atoms with Crippen molar-refractivity contribution in [2.45, 2.75) is 18.6 Å². The molecule has 2 bridgehead atoms. The SMILES string of the molecule is C=CC1CC2C=CCS[P@@](=O)(O1)O2. The van der Waals surface area contributed by atoms with Gasteiger partial charge in [-0.15, -0.1) is 6.58 Å². The number of fused-ring (bicyclic) bond motifs is 2. The van der Waals surface area contributed by atoms with Crippen molar-refractivity contribution in [2.75, 3.05) is 5.75 Å². The number of rotatable bonds is 1. The summed E-state index contributed by atoms with van der Waals surface area (Å²) in [6.07, 6.45) is 6.11. The Balaban J connectivity index is 2.22. The standard InChI is InChI=1S/C8H11O3PS/c1-2-7-6-8-4-3-5-13-12(9,10-7)11-8/h2-4,7-8H,1,5-6H2/t7?,8?,12-/m0/s1. The van der Waals surface area contributed by atoms with Crippen molar-refractivity contribution in [3.05, 3.63) is 24.8 Å².